The van der Waals surface area contributed by atoms with Crippen LogP contribution in [0.1, 0.15) is 6.42 Å². The summed E-state index contributed by atoms with van der Waals surface area (Å²) in [6.07, 6.45) is 0.580. The maximum absolute atomic E-state index is 10.9. The minimum atomic E-state index is -3.34. The van der Waals surface area contributed by atoms with Crippen molar-refractivity contribution < 1.29 is 26.7 Å². The lowest BCUT2D eigenvalue weighted by atomic mass is 10.5. The van der Waals surface area contributed by atoms with E-state index in [0.29, 0.717) is 0 Å². The van der Waals surface area contributed by atoms with Gasteiger partial charge in [0.05, 0.1) is 12.4 Å². The lowest BCUT2D eigenvalue weighted by Crippen LogP contribution is -2.22. The van der Waals surface area contributed by atoms with Crippen molar-refractivity contribution in [2.24, 2.45) is 0 Å². The number of ether oxygens (including phenoxy) is 1. The van der Waals surface area contributed by atoms with E-state index >= 15 is 0 Å². The molecule has 0 spiro atoms. The molecule has 1 unspecified atom stereocenters. The Morgan fingerprint density at radius 1 is 1.07 bits per heavy atom. The van der Waals surface area contributed by atoms with Crippen molar-refractivity contribution in [3.8, 4) is 0 Å². The summed E-state index contributed by atoms with van der Waals surface area (Å²) in [6.45, 7) is -0.0449. The second kappa shape index (κ2) is 5.78. The Hall–Kier alpha value is -0.180. The molecule has 0 heterocycles. The maximum Gasteiger partial charge on any atom is 0.205 e. The average molecular weight is 259 g/mol. The van der Waals surface area contributed by atoms with Gasteiger partial charge in [0.15, 0.2) is 9.84 Å². The Morgan fingerprint density at radius 3 is 2.00 bits per heavy atom. The molecule has 91 valence electrons. The SMILES string of the molecule is CS(=O)(=O)CCCOC([O])CS(C)(=O)=O. The highest BCUT2D eigenvalue weighted by Gasteiger charge is 2.14. The first-order valence-corrected chi connectivity index (χ1v) is 8.35. The summed E-state index contributed by atoms with van der Waals surface area (Å²) in [5, 5.41) is 10.9. The standard InChI is InChI=1S/C7H15O6S2/c1-14(9,10)5-3-4-13-7(8)6-15(2,11)12/h7H,3-6H2,1-2H3. The van der Waals surface area contributed by atoms with Crippen LogP contribution in [0.3, 0.4) is 0 Å². The van der Waals surface area contributed by atoms with E-state index in [0.717, 1.165) is 12.5 Å². The molecule has 0 fully saturated rings. The van der Waals surface area contributed by atoms with Gasteiger partial charge in [-0.05, 0) is 6.42 Å². The summed E-state index contributed by atoms with van der Waals surface area (Å²) in [6, 6.07) is 0. The van der Waals surface area contributed by atoms with Gasteiger partial charge in [-0.2, -0.15) is 0 Å². The van der Waals surface area contributed by atoms with E-state index in [1.54, 1.807) is 0 Å². The molecule has 8 heteroatoms. The van der Waals surface area contributed by atoms with Gasteiger partial charge in [0.1, 0.15) is 15.6 Å². The van der Waals surface area contributed by atoms with E-state index in [1.807, 2.05) is 0 Å². The molecule has 0 aromatic rings. The fourth-order valence-corrected chi connectivity index (χ4v) is 2.06. The van der Waals surface area contributed by atoms with E-state index < -0.39 is 31.7 Å². The number of hydrogen-bond acceptors (Lipinski definition) is 5. The molecule has 0 rings (SSSR count). The number of hydrogen-bond donors (Lipinski definition) is 0. The van der Waals surface area contributed by atoms with Gasteiger partial charge in [-0.15, -0.1) is 0 Å². The van der Waals surface area contributed by atoms with Crippen LogP contribution in [-0.4, -0.2) is 53.7 Å². The van der Waals surface area contributed by atoms with Gasteiger partial charge < -0.3 is 4.74 Å². The Bertz CT molecular complexity index is 368. The predicted octanol–water partition coefficient (Wildman–Crippen LogP) is -0.761. The third-order valence-corrected chi connectivity index (χ3v) is 3.31. The van der Waals surface area contributed by atoms with Crippen LogP contribution >= 0.6 is 0 Å². The molecular weight excluding hydrogens is 244 g/mol. The fraction of sp³-hybridized carbons (Fsp3) is 1.00. The van der Waals surface area contributed by atoms with Crippen molar-refractivity contribution in [3.63, 3.8) is 0 Å². The molecule has 1 atom stereocenters. The zero-order valence-electron chi connectivity index (χ0n) is 8.67. The number of sulfone groups is 2. The third kappa shape index (κ3) is 11.7. The molecule has 1 radical (unpaired) electrons. The van der Waals surface area contributed by atoms with Gasteiger partial charge >= 0.3 is 0 Å². The van der Waals surface area contributed by atoms with Crippen molar-refractivity contribution in [1.29, 1.82) is 0 Å². The molecule has 0 amide bonds. The van der Waals surface area contributed by atoms with Crippen LogP contribution in [0.25, 0.3) is 0 Å². The van der Waals surface area contributed by atoms with Crippen LogP contribution in [0.5, 0.6) is 0 Å². The van der Waals surface area contributed by atoms with Gasteiger partial charge in [0.2, 0.25) is 6.29 Å². The lowest BCUT2D eigenvalue weighted by Gasteiger charge is -2.08. The second-order valence-electron chi connectivity index (χ2n) is 3.38. The van der Waals surface area contributed by atoms with Crippen molar-refractivity contribution in [3.05, 3.63) is 0 Å². The number of rotatable bonds is 7. The van der Waals surface area contributed by atoms with Crippen molar-refractivity contribution >= 4 is 19.7 Å². The Balaban J connectivity index is 3.70. The molecule has 0 aromatic carbocycles. The van der Waals surface area contributed by atoms with Crippen LogP contribution in [0.15, 0.2) is 0 Å². The molecule has 6 nitrogen and oxygen atoms in total. The summed E-state index contributed by atoms with van der Waals surface area (Å²) in [7, 11) is -6.40. The van der Waals surface area contributed by atoms with Crippen molar-refractivity contribution in [1.82, 2.24) is 0 Å². The Kier molecular flexibility index (Phi) is 5.71. The summed E-state index contributed by atoms with van der Waals surface area (Å²) >= 11 is 0. The van der Waals surface area contributed by atoms with Gasteiger partial charge in [-0.3, -0.25) is 0 Å². The second-order valence-corrected chi connectivity index (χ2v) is 7.82. The average Bonchev–Trinajstić information content (AvgIpc) is 1.92. The first-order valence-electron chi connectivity index (χ1n) is 4.23. The molecule has 0 N–H and O–H groups in total. The highest BCUT2D eigenvalue weighted by molar-refractivity contribution is 7.90. The molecule has 0 saturated carbocycles. The largest absolute Gasteiger partial charge is 0.349 e. The summed E-state index contributed by atoms with van der Waals surface area (Å²) in [5.41, 5.74) is 0. The predicted molar refractivity (Wildman–Crippen MR) is 54.5 cm³/mol. The van der Waals surface area contributed by atoms with E-state index in [4.69, 9.17) is 0 Å². The quantitative estimate of drug-likeness (QED) is 0.442. The van der Waals surface area contributed by atoms with E-state index in [-0.39, 0.29) is 18.8 Å². The minimum absolute atomic E-state index is 0.0449. The van der Waals surface area contributed by atoms with E-state index in [2.05, 4.69) is 4.74 Å². The molecule has 0 bridgehead atoms. The molecule has 0 aliphatic carbocycles. The topological polar surface area (TPSA) is 97.4 Å². The van der Waals surface area contributed by atoms with Crippen LogP contribution in [-0.2, 0) is 29.5 Å². The summed E-state index contributed by atoms with van der Waals surface area (Å²) < 4.78 is 47.3. The van der Waals surface area contributed by atoms with Crippen molar-refractivity contribution in [2.45, 2.75) is 12.7 Å². The summed E-state index contributed by atoms with van der Waals surface area (Å²) in [4.78, 5) is 0. The smallest absolute Gasteiger partial charge is 0.205 e. The molecule has 0 aliphatic rings. The zero-order valence-corrected chi connectivity index (χ0v) is 10.3. The van der Waals surface area contributed by atoms with Crippen LogP contribution in [0.2, 0.25) is 0 Å². The fourth-order valence-electron chi connectivity index (χ4n) is 0.831. The van der Waals surface area contributed by atoms with E-state index in [1.165, 1.54) is 0 Å². The molecule has 0 saturated heterocycles. The van der Waals surface area contributed by atoms with E-state index in [9.17, 15) is 21.9 Å². The first-order chi connectivity index (χ1) is 6.60. The van der Waals surface area contributed by atoms with Gasteiger partial charge in [-0.25, -0.2) is 21.9 Å². The van der Waals surface area contributed by atoms with Crippen LogP contribution < -0.4 is 0 Å². The lowest BCUT2D eigenvalue weighted by molar-refractivity contribution is -0.123. The van der Waals surface area contributed by atoms with Gasteiger partial charge in [0, 0.05) is 12.5 Å². The minimum Gasteiger partial charge on any atom is -0.349 e. The molecule has 0 aromatic heterocycles. The zero-order chi connectivity index (χ0) is 12.1. The first kappa shape index (κ1) is 14.8. The maximum atomic E-state index is 10.9. The van der Waals surface area contributed by atoms with Gasteiger partial charge in [0.25, 0.3) is 0 Å². The highest BCUT2D eigenvalue weighted by atomic mass is 32.2. The monoisotopic (exact) mass is 259 g/mol. The van der Waals surface area contributed by atoms with Crippen LogP contribution in [0.4, 0.5) is 0 Å². The normalized spacial score (nSPS) is 15.1. The Labute approximate surface area is 90.1 Å². The highest BCUT2D eigenvalue weighted by Crippen LogP contribution is 1.97. The molecule has 15 heavy (non-hydrogen) atoms. The molecular formula is C7H15O6S2. The van der Waals surface area contributed by atoms with Crippen molar-refractivity contribution in [2.75, 3.05) is 30.6 Å². The Morgan fingerprint density at radius 2 is 1.60 bits per heavy atom. The third-order valence-electron chi connectivity index (χ3n) is 1.40. The van der Waals surface area contributed by atoms with Gasteiger partial charge in [-0.1, -0.05) is 0 Å². The molecule has 0 aliphatic heterocycles. The summed E-state index contributed by atoms with van der Waals surface area (Å²) in [5.74, 6) is -0.662. The van der Waals surface area contributed by atoms with Crippen LogP contribution in [0, 0.1) is 0 Å².